The molecule has 4 aromatic rings. The Morgan fingerprint density at radius 2 is 1.93 bits per heavy atom. The van der Waals surface area contributed by atoms with Crippen LogP contribution in [0.5, 0.6) is 5.75 Å². The van der Waals surface area contributed by atoms with Crippen LogP contribution in [0.4, 0.5) is 0 Å². The minimum Gasteiger partial charge on any atom is -0.486 e. The van der Waals surface area contributed by atoms with E-state index in [0.29, 0.717) is 34.8 Å². The van der Waals surface area contributed by atoms with Crippen LogP contribution in [0, 0.1) is 0 Å². The summed E-state index contributed by atoms with van der Waals surface area (Å²) in [5.41, 5.74) is 2.24. The Kier molecular flexibility index (Phi) is 4.62. The largest absolute Gasteiger partial charge is 0.486 e. The molecule has 1 saturated heterocycles. The fraction of sp³-hybridized carbons (Fsp3) is 0.286. The summed E-state index contributed by atoms with van der Waals surface area (Å²) < 4.78 is 11.5. The maximum absolute atomic E-state index is 13.5. The molecular formula is C21H20N6O3. The molecule has 0 unspecified atom stereocenters. The van der Waals surface area contributed by atoms with Gasteiger partial charge in [0.2, 0.25) is 0 Å². The lowest BCUT2D eigenvalue weighted by Gasteiger charge is -2.38. The number of para-hydroxylation sites is 1. The highest BCUT2D eigenvalue weighted by Gasteiger charge is 2.32. The zero-order valence-electron chi connectivity index (χ0n) is 16.4. The topological polar surface area (TPSA) is 99.2 Å². The number of hydrogen-bond acceptors (Lipinski definition) is 7. The molecule has 0 bridgehead atoms. The smallest absolute Gasteiger partial charge is 0.256 e. The van der Waals surface area contributed by atoms with Gasteiger partial charge < -0.3 is 14.1 Å². The number of fused-ring (bicyclic) bond motifs is 1. The van der Waals surface area contributed by atoms with E-state index in [1.807, 2.05) is 23.1 Å². The Labute approximate surface area is 172 Å². The second kappa shape index (κ2) is 7.58. The Bertz CT molecular complexity index is 1170. The molecule has 0 spiro atoms. The zero-order chi connectivity index (χ0) is 20.5. The molecule has 0 N–H and O–H groups in total. The molecule has 2 atom stereocenters. The number of carbonyl (C=O) groups excluding carboxylic acids is 1. The highest BCUT2D eigenvalue weighted by molar-refractivity contribution is 5.98. The van der Waals surface area contributed by atoms with Crippen molar-refractivity contribution in [1.82, 2.24) is 29.9 Å². The van der Waals surface area contributed by atoms with Crippen LogP contribution in [0.1, 0.15) is 30.1 Å². The third-order valence-electron chi connectivity index (χ3n) is 5.36. The number of rotatable bonds is 4. The van der Waals surface area contributed by atoms with Crippen LogP contribution in [0.3, 0.4) is 0 Å². The van der Waals surface area contributed by atoms with E-state index in [1.54, 1.807) is 30.7 Å². The maximum Gasteiger partial charge on any atom is 0.256 e. The van der Waals surface area contributed by atoms with Gasteiger partial charge in [0, 0.05) is 18.3 Å². The van der Waals surface area contributed by atoms with Gasteiger partial charge >= 0.3 is 0 Å². The van der Waals surface area contributed by atoms with Gasteiger partial charge in [0.25, 0.3) is 11.6 Å². The van der Waals surface area contributed by atoms with Gasteiger partial charge in [-0.2, -0.15) is 15.0 Å². The minimum absolute atomic E-state index is 0.0648. The molecule has 1 aliphatic rings. The first-order valence-corrected chi connectivity index (χ1v) is 9.82. The number of pyridine rings is 1. The second-order valence-electron chi connectivity index (χ2n) is 7.27. The van der Waals surface area contributed by atoms with Crippen LogP contribution >= 0.6 is 0 Å². The number of hydrogen-bond donors (Lipinski definition) is 0. The predicted molar refractivity (Wildman–Crippen MR) is 107 cm³/mol. The summed E-state index contributed by atoms with van der Waals surface area (Å²) in [5.74, 6) is 0.548. The molecule has 5 rings (SSSR count). The van der Waals surface area contributed by atoms with Crippen molar-refractivity contribution >= 4 is 17.1 Å². The van der Waals surface area contributed by atoms with Crippen molar-refractivity contribution in [2.75, 3.05) is 6.54 Å². The number of piperidine rings is 1. The molecule has 152 valence electrons. The maximum atomic E-state index is 13.5. The Morgan fingerprint density at radius 3 is 2.80 bits per heavy atom. The van der Waals surface area contributed by atoms with E-state index >= 15 is 0 Å². The molecule has 0 saturated carbocycles. The monoisotopic (exact) mass is 404 g/mol. The van der Waals surface area contributed by atoms with Crippen molar-refractivity contribution in [3.8, 4) is 11.4 Å². The molecule has 9 heteroatoms. The summed E-state index contributed by atoms with van der Waals surface area (Å²) in [5, 5.41) is 8.35. The zero-order valence-corrected chi connectivity index (χ0v) is 16.4. The van der Waals surface area contributed by atoms with E-state index in [-0.39, 0.29) is 18.1 Å². The van der Waals surface area contributed by atoms with Gasteiger partial charge in [0.1, 0.15) is 6.10 Å². The number of likely N-dealkylation sites (tertiary alicyclic amines) is 1. The Balaban J connectivity index is 1.39. The molecule has 1 aromatic carbocycles. The van der Waals surface area contributed by atoms with Crippen molar-refractivity contribution < 1.29 is 13.9 Å². The second-order valence-corrected chi connectivity index (χ2v) is 7.27. The molecule has 3 aromatic heterocycles. The number of oxazole rings is 1. The first-order valence-electron chi connectivity index (χ1n) is 9.82. The van der Waals surface area contributed by atoms with Crippen molar-refractivity contribution in [3.05, 3.63) is 60.9 Å². The molecular weight excluding hydrogens is 384 g/mol. The number of aromatic nitrogens is 5. The van der Waals surface area contributed by atoms with E-state index in [1.165, 1.54) is 11.2 Å². The fourth-order valence-corrected chi connectivity index (χ4v) is 3.80. The quantitative estimate of drug-likeness (QED) is 0.516. The summed E-state index contributed by atoms with van der Waals surface area (Å²) in [6, 6.07) is 9.23. The van der Waals surface area contributed by atoms with Gasteiger partial charge in [0.05, 0.1) is 30.2 Å². The van der Waals surface area contributed by atoms with Gasteiger partial charge in [-0.3, -0.25) is 4.79 Å². The summed E-state index contributed by atoms with van der Waals surface area (Å²) >= 11 is 0. The van der Waals surface area contributed by atoms with Crippen molar-refractivity contribution in [2.45, 2.75) is 31.9 Å². The van der Waals surface area contributed by atoms with E-state index in [4.69, 9.17) is 9.15 Å². The number of nitrogens with zero attached hydrogens (tertiary/aromatic N) is 6. The van der Waals surface area contributed by atoms with E-state index < -0.39 is 0 Å². The Hall–Kier alpha value is -3.75. The van der Waals surface area contributed by atoms with Gasteiger partial charge in [-0.05, 0) is 31.9 Å². The number of amides is 1. The SMILES string of the molecule is C[C@@H]1CC[C@@H](Oc2ccnc3ocnc23)CN1C(=O)c1ccccc1-n1nccn1. The molecule has 1 aliphatic heterocycles. The molecule has 9 nitrogen and oxygen atoms in total. The van der Waals surface area contributed by atoms with E-state index in [0.717, 1.165) is 12.8 Å². The predicted octanol–water partition coefficient (Wildman–Crippen LogP) is 2.88. The highest BCUT2D eigenvalue weighted by atomic mass is 16.5. The van der Waals surface area contributed by atoms with Crippen LogP contribution in [-0.4, -0.2) is 54.5 Å². The normalized spacial score (nSPS) is 19.2. The van der Waals surface area contributed by atoms with E-state index in [9.17, 15) is 4.79 Å². The molecule has 30 heavy (non-hydrogen) atoms. The number of benzene rings is 1. The molecule has 4 heterocycles. The lowest BCUT2D eigenvalue weighted by Crippen LogP contribution is -2.49. The van der Waals surface area contributed by atoms with Crippen LogP contribution < -0.4 is 4.74 Å². The van der Waals surface area contributed by atoms with Crippen LogP contribution in [0.25, 0.3) is 16.9 Å². The average Bonchev–Trinajstić information content (AvgIpc) is 3.47. The first-order chi connectivity index (χ1) is 14.7. The van der Waals surface area contributed by atoms with Crippen molar-refractivity contribution in [1.29, 1.82) is 0 Å². The highest BCUT2D eigenvalue weighted by Crippen LogP contribution is 2.28. The first kappa shape index (κ1) is 18.3. The van der Waals surface area contributed by atoms with Crippen LogP contribution in [-0.2, 0) is 0 Å². The van der Waals surface area contributed by atoms with Crippen LogP contribution in [0.2, 0.25) is 0 Å². The number of carbonyl (C=O) groups is 1. The Morgan fingerprint density at radius 1 is 1.10 bits per heavy atom. The summed E-state index contributed by atoms with van der Waals surface area (Å²) in [6.45, 7) is 2.54. The van der Waals surface area contributed by atoms with Crippen molar-refractivity contribution in [2.24, 2.45) is 0 Å². The van der Waals surface area contributed by atoms with Crippen molar-refractivity contribution in [3.63, 3.8) is 0 Å². The van der Waals surface area contributed by atoms with Gasteiger partial charge in [-0.25, -0.2) is 9.97 Å². The van der Waals surface area contributed by atoms with Gasteiger partial charge in [0.15, 0.2) is 17.7 Å². The molecule has 0 radical (unpaired) electrons. The molecule has 0 aliphatic carbocycles. The minimum atomic E-state index is -0.151. The lowest BCUT2D eigenvalue weighted by atomic mass is 9.99. The molecule has 1 amide bonds. The van der Waals surface area contributed by atoms with Gasteiger partial charge in [-0.1, -0.05) is 12.1 Å². The summed E-state index contributed by atoms with van der Waals surface area (Å²) in [4.78, 5) is 25.1. The third kappa shape index (κ3) is 3.28. The third-order valence-corrected chi connectivity index (χ3v) is 5.36. The van der Waals surface area contributed by atoms with Gasteiger partial charge in [-0.15, -0.1) is 0 Å². The van der Waals surface area contributed by atoms with E-state index in [2.05, 4.69) is 27.1 Å². The average molecular weight is 404 g/mol. The lowest BCUT2D eigenvalue weighted by molar-refractivity contribution is 0.0387. The summed E-state index contributed by atoms with van der Waals surface area (Å²) in [7, 11) is 0. The fourth-order valence-electron chi connectivity index (χ4n) is 3.80. The van der Waals surface area contributed by atoms with Crippen LogP contribution in [0.15, 0.2) is 59.7 Å². The summed E-state index contributed by atoms with van der Waals surface area (Å²) in [6.07, 6.45) is 7.69. The number of ether oxygens (including phenoxy) is 1. The molecule has 1 fully saturated rings. The standard InChI is InChI=1S/C21H20N6O3/c1-14-6-7-15(30-18-8-9-22-20-19(18)23-13-29-20)12-26(14)21(28)16-4-2-3-5-17(16)27-24-10-11-25-27/h2-5,8-11,13-15H,6-7,12H2,1H3/t14-,15-/m1/s1.